The summed E-state index contributed by atoms with van der Waals surface area (Å²) in [6, 6.07) is 6.63. The Morgan fingerprint density at radius 2 is 2.22 bits per heavy atom. The van der Waals surface area contributed by atoms with Crippen LogP contribution >= 0.6 is 11.3 Å². The van der Waals surface area contributed by atoms with Crippen molar-refractivity contribution in [2.24, 2.45) is 0 Å². The quantitative estimate of drug-likeness (QED) is 0.844. The number of rotatable bonds is 3. The Hall–Kier alpha value is -1.75. The summed E-state index contributed by atoms with van der Waals surface area (Å²) in [5, 5.41) is 0.991. The zero-order chi connectivity index (χ0) is 16.4. The Kier molecular flexibility index (Phi) is 4.76. The minimum absolute atomic E-state index is 0.0127. The third-order valence-corrected chi connectivity index (χ3v) is 5.44. The predicted octanol–water partition coefficient (Wildman–Crippen LogP) is 4.20. The highest BCUT2D eigenvalue weighted by Crippen LogP contribution is 2.32. The van der Waals surface area contributed by atoms with E-state index < -0.39 is 0 Å². The van der Waals surface area contributed by atoms with Gasteiger partial charge < -0.3 is 4.90 Å². The average Bonchev–Trinajstić information content (AvgIpc) is 2.85. The predicted molar refractivity (Wildman–Crippen MR) is 90.0 cm³/mol. The highest BCUT2D eigenvalue weighted by atomic mass is 32.1. The van der Waals surface area contributed by atoms with Crippen LogP contribution in [0.1, 0.15) is 46.4 Å². The zero-order valence-corrected chi connectivity index (χ0v) is 14.3. The molecule has 1 atom stereocenters. The molecule has 0 N–H and O–H groups in total. The second kappa shape index (κ2) is 6.79. The van der Waals surface area contributed by atoms with Gasteiger partial charge in [0.05, 0.1) is 23.2 Å². The average molecular weight is 332 g/mol. The number of hydrogen-bond donors (Lipinski definition) is 0. The van der Waals surface area contributed by atoms with Crippen LogP contribution in [0.3, 0.4) is 0 Å². The molecule has 23 heavy (non-hydrogen) atoms. The van der Waals surface area contributed by atoms with Crippen molar-refractivity contribution in [3.8, 4) is 0 Å². The third-order valence-electron chi connectivity index (χ3n) is 4.37. The highest BCUT2D eigenvalue weighted by molar-refractivity contribution is 7.11. The van der Waals surface area contributed by atoms with Gasteiger partial charge in [0.2, 0.25) is 5.91 Å². The molecule has 1 aromatic heterocycles. The molecular formula is C18H21FN2OS. The smallest absolute Gasteiger partial charge is 0.228 e. The van der Waals surface area contributed by atoms with Crippen LogP contribution in [0.4, 0.5) is 4.39 Å². The lowest BCUT2D eigenvalue weighted by Crippen LogP contribution is -2.39. The molecule has 0 radical (unpaired) electrons. The van der Waals surface area contributed by atoms with Crippen LogP contribution in [0.25, 0.3) is 0 Å². The molecule has 0 aliphatic carbocycles. The van der Waals surface area contributed by atoms with E-state index in [1.807, 2.05) is 24.8 Å². The Morgan fingerprint density at radius 1 is 1.39 bits per heavy atom. The lowest BCUT2D eigenvalue weighted by molar-refractivity contribution is -0.134. The Balaban J connectivity index is 1.80. The standard InChI is InChI=1S/C18H21FN2OS/c1-12-17(23-13(2)20-12)11-18(22)21-9-4-3-8-16(21)14-6-5-7-15(19)10-14/h5-7,10,16H,3-4,8-9,11H2,1-2H3/t16-/m0/s1. The SMILES string of the molecule is Cc1nc(C)c(CC(=O)N2CCCC[C@H]2c2cccc(F)c2)s1. The van der Waals surface area contributed by atoms with E-state index in [1.165, 1.54) is 6.07 Å². The maximum atomic E-state index is 13.5. The number of likely N-dealkylation sites (tertiary alicyclic amines) is 1. The van der Waals surface area contributed by atoms with E-state index in [0.717, 1.165) is 46.9 Å². The molecule has 1 fully saturated rings. The molecule has 0 unspecified atom stereocenters. The van der Waals surface area contributed by atoms with Crippen molar-refractivity contribution in [3.63, 3.8) is 0 Å². The summed E-state index contributed by atoms with van der Waals surface area (Å²) in [5.41, 5.74) is 1.84. The molecule has 3 nitrogen and oxygen atoms in total. The van der Waals surface area contributed by atoms with Crippen LogP contribution in [0.5, 0.6) is 0 Å². The van der Waals surface area contributed by atoms with E-state index in [1.54, 1.807) is 23.5 Å². The van der Waals surface area contributed by atoms with Crippen LogP contribution < -0.4 is 0 Å². The molecule has 122 valence electrons. The summed E-state index contributed by atoms with van der Waals surface area (Å²) < 4.78 is 13.5. The monoisotopic (exact) mass is 332 g/mol. The molecule has 0 spiro atoms. The lowest BCUT2D eigenvalue weighted by atomic mass is 9.94. The molecule has 1 amide bonds. The van der Waals surface area contributed by atoms with Gasteiger partial charge in [-0.25, -0.2) is 9.37 Å². The second-order valence-electron chi connectivity index (χ2n) is 6.07. The second-order valence-corrected chi connectivity index (χ2v) is 7.36. The number of piperidine rings is 1. The maximum absolute atomic E-state index is 13.5. The minimum Gasteiger partial charge on any atom is -0.335 e. The first kappa shape index (κ1) is 16.1. The van der Waals surface area contributed by atoms with Gasteiger partial charge in [0.25, 0.3) is 0 Å². The van der Waals surface area contributed by atoms with Crippen LogP contribution in [0, 0.1) is 19.7 Å². The van der Waals surface area contributed by atoms with Crippen LogP contribution in [0.2, 0.25) is 0 Å². The Morgan fingerprint density at radius 3 is 2.91 bits per heavy atom. The van der Waals surface area contributed by atoms with Gasteiger partial charge in [-0.1, -0.05) is 12.1 Å². The van der Waals surface area contributed by atoms with Crippen molar-refractivity contribution in [2.75, 3.05) is 6.54 Å². The van der Waals surface area contributed by atoms with Gasteiger partial charge >= 0.3 is 0 Å². The molecule has 1 aromatic carbocycles. The fraction of sp³-hybridized carbons (Fsp3) is 0.444. The fourth-order valence-electron chi connectivity index (χ4n) is 3.27. The van der Waals surface area contributed by atoms with Crippen molar-refractivity contribution in [1.82, 2.24) is 9.88 Å². The molecule has 2 aromatic rings. The van der Waals surface area contributed by atoms with Gasteiger partial charge in [0.15, 0.2) is 0 Å². The summed E-state index contributed by atoms with van der Waals surface area (Å²) in [6.45, 7) is 4.66. The van der Waals surface area contributed by atoms with Crippen molar-refractivity contribution >= 4 is 17.2 Å². The first-order valence-electron chi connectivity index (χ1n) is 8.02. The van der Waals surface area contributed by atoms with E-state index in [9.17, 15) is 9.18 Å². The van der Waals surface area contributed by atoms with Gasteiger partial charge in [-0.05, 0) is 50.8 Å². The number of nitrogens with zero attached hydrogens (tertiary/aromatic N) is 2. The number of carbonyl (C=O) groups is 1. The summed E-state index contributed by atoms with van der Waals surface area (Å²) >= 11 is 1.59. The summed E-state index contributed by atoms with van der Waals surface area (Å²) in [6.07, 6.45) is 3.38. The molecule has 2 heterocycles. The Bertz CT molecular complexity index is 713. The van der Waals surface area contributed by atoms with Crippen molar-refractivity contribution < 1.29 is 9.18 Å². The van der Waals surface area contributed by atoms with Crippen LogP contribution in [0.15, 0.2) is 24.3 Å². The van der Waals surface area contributed by atoms with E-state index >= 15 is 0 Å². The Labute approximate surface area is 140 Å². The summed E-state index contributed by atoms with van der Waals surface area (Å²) in [5.74, 6) is -0.125. The zero-order valence-electron chi connectivity index (χ0n) is 13.5. The van der Waals surface area contributed by atoms with E-state index in [4.69, 9.17) is 0 Å². The number of halogens is 1. The third kappa shape index (κ3) is 3.61. The lowest BCUT2D eigenvalue weighted by Gasteiger charge is -2.36. The van der Waals surface area contributed by atoms with Crippen molar-refractivity contribution in [2.45, 2.75) is 45.6 Å². The van der Waals surface area contributed by atoms with Gasteiger partial charge in [0.1, 0.15) is 5.82 Å². The van der Waals surface area contributed by atoms with Gasteiger partial charge in [-0.3, -0.25) is 4.79 Å². The molecular weight excluding hydrogens is 311 g/mol. The van der Waals surface area contributed by atoms with Crippen LogP contribution in [-0.4, -0.2) is 22.3 Å². The number of amides is 1. The number of benzene rings is 1. The number of hydrogen-bond acceptors (Lipinski definition) is 3. The maximum Gasteiger partial charge on any atom is 0.228 e. The molecule has 1 aliphatic rings. The van der Waals surface area contributed by atoms with Gasteiger partial charge in [0, 0.05) is 11.4 Å². The first-order chi connectivity index (χ1) is 11.0. The number of aryl methyl sites for hydroxylation is 2. The van der Waals surface area contributed by atoms with E-state index in [2.05, 4.69) is 4.98 Å². The van der Waals surface area contributed by atoms with Crippen LogP contribution in [-0.2, 0) is 11.2 Å². The molecule has 3 rings (SSSR count). The van der Waals surface area contributed by atoms with Gasteiger partial charge in [-0.2, -0.15) is 0 Å². The number of thiazole rings is 1. The number of aromatic nitrogens is 1. The summed E-state index contributed by atoms with van der Waals surface area (Å²) in [4.78, 5) is 20.2. The first-order valence-corrected chi connectivity index (χ1v) is 8.84. The molecule has 0 bridgehead atoms. The number of carbonyl (C=O) groups excluding carboxylic acids is 1. The fourth-order valence-corrected chi connectivity index (χ4v) is 4.20. The topological polar surface area (TPSA) is 33.2 Å². The molecule has 5 heteroatoms. The van der Waals surface area contributed by atoms with E-state index in [0.29, 0.717) is 6.42 Å². The van der Waals surface area contributed by atoms with Crippen molar-refractivity contribution in [3.05, 3.63) is 51.2 Å². The molecule has 1 aliphatic heterocycles. The van der Waals surface area contributed by atoms with Gasteiger partial charge in [-0.15, -0.1) is 11.3 Å². The van der Waals surface area contributed by atoms with Crippen molar-refractivity contribution in [1.29, 1.82) is 0 Å². The highest BCUT2D eigenvalue weighted by Gasteiger charge is 2.28. The largest absolute Gasteiger partial charge is 0.335 e. The minimum atomic E-state index is -0.241. The van der Waals surface area contributed by atoms with E-state index in [-0.39, 0.29) is 17.8 Å². The molecule has 1 saturated heterocycles. The molecule has 0 saturated carbocycles. The normalized spacial score (nSPS) is 18.2. The summed E-state index contributed by atoms with van der Waals surface area (Å²) in [7, 11) is 0.